The second-order valence-corrected chi connectivity index (χ2v) is 17.8. The predicted octanol–water partition coefficient (Wildman–Crippen LogP) is 8.19. The second-order valence-electron chi connectivity index (χ2n) is 17.8. The van der Waals surface area contributed by atoms with Crippen molar-refractivity contribution < 1.29 is 19.1 Å². The van der Waals surface area contributed by atoms with Gasteiger partial charge in [0.1, 0.15) is 6.10 Å². The number of morpholine rings is 1. The summed E-state index contributed by atoms with van der Waals surface area (Å²) in [5.41, 5.74) is 2.34. The molecule has 4 saturated carbocycles. The number of nitrogens with zero attached hydrogens (tertiary/aromatic N) is 1. The molecule has 6 unspecified atom stereocenters. The van der Waals surface area contributed by atoms with Crippen molar-refractivity contribution >= 4 is 11.9 Å². The van der Waals surface area contributed by atoms with Crippen molar-refractivity contribution in [2.75, 3.05) is 39.4 Å². The third-order valence-electron chi connectivity index (χ3n) is 14.8. The van der Waals surface area contributed by atoms with Crippen LogP contribution >= 0.6 is 0 Å². The van der Waals surface area contributed by atoms with E-state index in [2.05, 4.69) is 50.9 Å². The Kier molecular flexibility index (Phi) is 11.5. The molecular formula is C41H68N2O4. The lowest BCUT2D eigenvalue weighted by molar-refractivity contribution is -0.162. The summed E-state index contributed by atoms with van der Waals surface area (Å²) in [6.07, 6.45) is 20.2. The largest absolute Gasteiger partial charge is 0.462 e. The summed E-state index contributed by atoms with van der Waals surface area (Å²) in [6, 6.07) is 0. The highest BCUT2D eigenvalue weighted by Gasteiger charge is 2.59. The van der Waals surface area contributed by atoms with E-state index in [1.54, 1.807) is 5.57 Å². The van der Waals surface area contributed by atoms with E-state index in [1.807, 2.05) is 0 Å². The lowest BCUT2D eigenvalue weighted by Crippen LogP contribution is -2.51. The zero-order chi connectivity index (χ0) is 33.2. The number of carbonyl (C=O) groups is 2. The summed E-state index contributed by atoms with van der Waals surface area (Å²) in [6.45, 7) is 17.4. The van der Waals surface area contributed by atoms with Gasteiger partial charge in [-0.05, 0) is 104 Å². The van der Waals surface area contributed by atoms with Crippen LogP contribution in [0.25, 0.3) is 0 Å². The van der Waals surface area contributed by atoms with Crippen molar-refractivity contribution in [3.8, 4) is 0 Å². The van der Waals surface area contributed by atoms with Crippen LogP contribution < -0.4 is 5.32 Å². The Labute approximate surface area is 286 Å². The van der Waals surface area contributed by atoms with Crippen molar-refractivity contribution in [2.24, 2.45) is 58.2 Å². The minimum atomic E-state index is -0.302. The lowest BCUT2D eigenvalue weighted by atomic mass is 9.47. The van der Waals surface area contributed by atoms with Crippen LogP contribution in [0.3, 0.4) is 0 Å². The molecule has 1 N–H and O–H groups in total. The van der Waals surface area contributed by atoms with Crippen molar-refractivity contribution in [1.29, 1.82) is 0 Å². The zero-order valence-corrected chi connectivity index (χ0v) is 30.7. The Morgan fingerprint density at radius 1 is 0.957 bits per heavy atom. The number of rotatable bonds is 11. The molecule has 1 heterocycles. The first-order valence-corrected chi connectivity index (χ1v) is 20.1. The van der Waals surface area contributed by atoms with Gasteiger partial charge in [-0.3, -0.25) is 14.5 Å². The molecule has 47 heavy (non-hydrogen) atoms. The molecule has 0 spiro atoms. The molecule has 0 aromatic carbocycles. The van der Waals surface area contributed by atoms with Crippen LogP contribution in [-0.4, -0.2) is 62.3 Å². The molecule has 0 radical (unpaired) electrons. The van der Waals surface area contributed by atoms with Gasteiger partial charge >= 0.3 is 5.97 Å². The fourth-order valence-electron chi connectivity index (χ4n) is 12.0. The Balaban J connectivity index is 1.03. The second kappa shape index (κ2) is 15.2. The van der Waals surface area contributed by atoms with Gasteiger partial charge in [-0.2, -0.15) is 0 Å². The smallest absolute Gasteiger partial charge is 0.310 e. The fourth-order valence-corrected chi connectivity index (χ4v) is 12.0. The molecule has 10 atom stereocenters. The number of amides is 1. The van der Waals surface area contributed by atoms with E-state index in [-0.39, 0.29) is 35.2 Å². The molecule has 5 aliphatic carbocycles. The summed E-state index contributed by atoms with van der Waals surface area (Å²) >= 11 is 0. The van der Waals surface area contributed by atoms with Crippen LogP contribution in [0.2, 0.25) is 0 Å². The minimum Gasteiger partial charge on any atom is -0.462 e. The standard InChI is InChI=1S/C41H68N2O4/c1-28(2)9-8-10-29(3)35-15-16-36-34-14-13-30-27-31(17-19-40(30,4)37(34)18-20-41(35,36)5)47-39(45)33-12-7-6-11-32(33)38(44)42-21-22-43-23-25-46-26-24-43/h13,28-29,31-37H,6-12,14-27H2,1-5H3,(H,42,44)/t29-,31?,32?,33?,34?,35-,36?,37?,40+,41-/m1/s1. The number of esters is 1. The van der Waals surface area contributed by atoms with Gasteiger partial charge in [-0.25, -0.2) is 0 Å². The first-order chi connectivity index (χ1) is 22.6. The summed E-state index contributed by atoms with van der Waals surface area (Å²) in [4.78, 5) is 29.3. The molecular weight excluding hydrogens is 584 g/mol. The van der Waals surface area contributed by atoms with Gasteiger partial charge in [0.25, 0.3) is 0 Å². The highest BCUT2D eigenvalue weighted by atomic mass is 16.5. The molecule has 6 nitrogen and oxygen atoms in total. The number of ether oxygens (including phenoxy) is 2. The quantitative estimate of drug-likeness (QED) is 0.180. The Morgan fingerprint density at radius 2 is 1.72 bits per heavy atom. The normalized spacial score (nSPS) is 39.7. The molecule has 266 valence electrons. The third kappa shape index (κ3) is 7.54. The van der Waals surface area contributed by atoms with Crippen LogP contribution in [0.1, 0.15) is 131 Å². The van der Waals surface area contributed by atoms with Crippen molar-refractivity contribution in [2.45, 2.75) is 137 Å². The third-order valence-corrected chi connectivity index (χ3v) is 14.8. The van der Waals surface area contributed by atoms with Crippen LogP contribution in [-0.2, 0) is 19.1 Å². The first-order valence-electron chi connectivity index (χ1n) is 20.1. The minimum absolute atomic E-state index is 0.0401. The number of allylic oxidation sites excluding steroid dienone is 1. The SMILES string of the molecule is CC(C)CCC[C@@H](C)[C@H]1CCC2C3CC=C4CC(OC(=O)C5CCCCC5C(=O)NCCN5CCOCC5)CC[C@]4(C)C3CC[C@@]21C. The van der Waals surface area contributed by atoms with Crippen LogP contribution in [0, 0.1) is 58.2 Å². The molecule has 1 saturated heterocycles. The van der Waals surface area contributed by atoms with Crippen LogP contribution in [0.4, 0.5) is 0 Å². The predicted molar refractivity (Wildman–Crippen MR) is 189 cm³/mol. The number of hydrogen-bond donors (Lipinski definition) is 1. The summed E-state index contributed by atoms with van der Waals surface area (Å²) < 4.78 is 11.8. The summed E-state index contributed by atoms with van der Waals surface area (Å²) in [7, 11) is 0. The van der Waals surface area contributed by atoms with Gasteiger partial charge in [0.15, 0.2) is 0 Å². The van der Waals surface area contributed by atoms with E-state index < -0.39 is 0 Å². The van der Waals surface area contributed by atoms with Crippen LogP contribution in [0.15, 0.2) is 11.6 Å². The van der Waals surface area contributed by atoms with Crippen molar-refractivity contribution in [1.82, 2.24) is 10.2 Å². The van der Waals surface area contributed by atoms with E-state index in [4.69, 9.17) is 9.47 Å². The van der Waals surface area contributed by atoms with E-state index in [0.29, 0.717) is 12.0 Å². The topological polar surface area (TPSA) is 67.9 Å². The first kappa shape index (κ1) is 35.4. The lowest BCUT2D eigenvalue weighted by Gasteiger charge is -2.58. The molecule has 1 aliphatic heterocycles. The monoisotopic (exact) mass is 653 g/mol. The van der Waals surface area contributed by atoms with E-state index in [0.717, 1.165) is 113 Å². The Morgan fingerprint density at radius 3 is 2.49 bits per heavy atom. The molecule has 6 rings (SSSR count). The molecule has 0 aromatic heterocycles. The number of fused-ring (bicyclic) bond motifs is 5. The van der Waals surface area contributed by atoms with E-state index >= 15 is 0 Å². The van der Waals surface area contributed by atoms with Gasteiger partial charge < -0.3 is 14.8 Å². The Bertz CT molecular complexity index is 1110. The zero-order valence-electron chi connectivity index (χ0n) is 30.7. The van der Waals surface area contributed by atoms with Crippen LogP contribution in [0.5, 0.6) is 0 Å². The fraction of sp³-hybridized carbons (Fsp3) is 0.902. The average Bonchev–Trinajstić information content (AvgIpc) is 3.42. The Hall–Kier alpha value is -1.40. The maximum Gasteiger partial charge on any atom is 0.310 e. The number of nitrogens with one attached hydrogen (secondary N) is 1. The number of hydrogen-bond acceptors (Lipinski definition) is 5. The maximum atomic E-state index is 13.7. The molecule has 1 amide bonds. The molecule has 0 aromatic rings. The number of carbonyl (C=O) groups excluding carboxylic acids is 2. The van der Waals surface area contributed by atoms with E-state index in [1.165, 1.54) is 51.4 Å². The average molecular weight is 653 g/mol. The highest BCUT2D eigenvalue weighted by molar-refractivity contribution is 5.85. The van der Waals surface area contributed by atoms with Gasteiger partial charge in [0, 0.05) is 32.6 Å². The van der Waals surface area contributed by atoms with Gasteiger partial charge in [-0.15, -0.1) is 0 Å². The van der Waals surface area contributed by atoms with E-state index in [9.17, 15) is 9.59 Å². The highest BCUT2D eigenvalue weighted by Crippen LogP contribution is 2.67. The molecule has 0 bridgehead atoms. The van der Waals surface area contributed by atoms with Gasteiger partial charge in [0.05, 0.1) is 25.0 Å². The summed E-state index contributed by atoms with van der Waals surface area (Å²) in [5.74, 6) is 4.39. The van der Waals surface area contributed by atoms with Crippen molar-refractivity contribution in [3.63, 3.8) is 0 Å². The molecule has 5 fully saturated rings. The van der Waals surface area contributed by atoms with Crippen molar-refractivity contribution in [3.05, 3.63) is 11.6 Å². The maximum absolute atomic E-state index is 13.7. The molecule has 6 heteroatoms. The van der Waals surface area contributed by atoms with Gasteiger partial charge in [-0.1, -0.05) is 78.4 Å². The summed E-state index contributed by atoms with van der Waals surface area (Å²) in [5, 5.41) is 3.16. The molecule has 6 aliphatic rings. The van der Waals surface area contributed by atoms with Gasteiger partial charge in [0.2, 0.25) is 5.91 Å².